The van der Waals surface area contributed by atoms with Crippen LogP contribution >= 0.6 is 0 Å². The van der Waals surface area contributed by atoms with Gasteiger partial charge in [0.05, 0.1) is 12.6 Å². The highest BCUT2D eigenvalue weighted by Gasteiger charge is 2.30. The molecule has 0 amide bonds. The van der Waals surface area contributed by atoms with Gasteiger partial charge in [-0.1, -0.05) is 47.6 Å². The van der Waals surface area contributed by atoms with Gasteiger partial charge in [0.15, 0.2) is 5.76 Å². The molecule has 2 aromatic carbocycles. The summed E-state index contributed by atoms with van der Waals surface area (Å²) in [6.45, 7) is 0.832. The van der Waals surface area contributed by atoms with E-state index in [2.05, 4.69) is 9.99 Å². The van der Waals surface area contributed by atoms with Crippen LogP contribution < -0.4 is 4.74 Å². The fraction of sp³-hybridized carbons (Fsp3) is 0.273. The van der Waals surface area contributed by atoms with E-state index >= 15 is 0 Å². The largest absolute Gasteiger partial charge is 0.525 e. The number of aliphatic hydroxyl groups excluding tert-OH is 1. The topological polar surface area (TPSA) is 105 Å². The second kappa shape index (κ2) is 8.98. The monoisotopic (exact) mass is 410 g/mol. The Hall–Kier alpha value is -3.36. The quantitative estimate of drug-likeness (QED) is 0.634. The molecule has 8 nitrogen and oxygen atoms in total. The van der Waals surface area contributed by atoms with E-state index in [4.69, 9.17) is 14.4 Å². The maximum Gasteiger partial charge on any atom is 0.525 e. The molecular formula is C22H22N2O6. The molecule has 3 aromatic rings. The number of carbonyl (C=O) groups is 1. The Labute approximate surface area is 173 Å². The van der Waals surface area contributed by atoms with Gasteiger partial charge in [-0.05, 0) is 24.1 Å². The first-order chi connectivity index (χ1) is 14.6. The van der Waals surface area contributed by atoms with Crippen molar-refractivity contribution in [2.75, 3.05) is 13.1 Å². The van der Waals surface area contributed by atoms with Gasteiger partial charge in [0.25, 0.3) is 0 Å². The molecule has 2 unspecified atom stereocenters. The van der Waals surface area contributed by atoms with E-state index < -0.39 is 12.3 Å². The van der Waals surface area contributed by atoms with Gasteiger partial charge in [-0.3, -0.25) is 0 Å². The molecule has 4 rings (SSSR count). The number of carboxylic acid groups (broad SMARTS) is 1. The number of hydroxylamine groups is 2. The first-order valence-electron chi connectivity index (χ1n) is 9.66. The maximum absolute atomic E-state index is 10.6. The van der Waals surface area contributed by atoms with Crippen molar-refractivity contribution < 1.29 is 29.1 Å². The molecule has 2 heterocycles. The van der Waals surface area contributed by atoms with Gasteiger partial charge in [-0.25, -0.2) is 4.79 Å². The number of aromatic nitrogens is 1. The van der Waals surface area contributed by atoms with Crippen molar-refractivity contribution in [2.24, 2.45) is 0 Å². The molecule has 0 spiro atoms. The first-order valence-corrected chi connectivity index (χ1v) is 9.66. The minimum atomic E-state index is -1.37. The highest BCUT2D eigenvalue weighted by molar-refractivity contribution is 5.58. The molecule has 156 valence electrons. The Bertz CT molecular complexity index is 973. The van der Waals surface area contributed by atoms with Crippen LogP contribution in [0.5, 0.6) is 5.75 Å². The normalized spacial score (nSPS) is 19.4. The van der Waals surface area contributed by atoms with Crippen molar-refractivity contribution in [3.05, 3.63) is 72.0 Å². The van der Waals surface area contributed by atoms with Crippen molar-refractivity contribution in [3.63, 3.8) is 0 Å². The number of β-amino-alcohol motifs (C(OH)–C–C–N with tert-alkyl or cyclic N) is 1. The summed E-state index contributed by atoms with van der Waals surface area (Å²) in [5.74, 6) is 1.21. The average Bonchev–Trinajstić information content (AvgIpc) is 3.22. The minimum Gasteiger partial charge on any atom is -0.486 e. The Morgan fingerprint density at radius 2 is 1.93 bits per heavy atom. The Balaban J connectivity index is 1.32. The summed E-state index contributed by atoms with van der Waals surface area (Å²) in [6.07, 6.45) is -1.49. The molecule has 2 N–H and O–H groups in total. The molecule has 0 saturated carbocycles. The van der Waals surface area contributed by atoms with Gasteiger partial charge >= 0.3 is 6.16 Å². The number of piperidine rings is 1. The number of benzene rings is 2. The molecule has 0 radical (unpaired) electrons. The lowest BCUT2D eigenvalue weighted by Gasteiger charge is -2.34. The maximum atomic E-state index is 10.6. The predicted octanol–water partition coefficient (Wildman–Crippen LogP) is 3.68. The molecule has 0 bridgehead atoms. The number of nitrogens with zero attached hydrogens (tertiary/aromatic N) is 2. The molecule has 1 fully saturated rings. The Morgan fingerprint density at radius 3 is 2.63 bits per heavy atom. The third-order valence-corrected chi connectivity index (χ3v) is 5.07. The van der Waals surface area contributed by atoms with Crippen LogP contribution in [-0.2, 0) is 11.4 Å². The summed E-state index contributed by atoms with van der Waals surface area (Å²) in [7, 11) is 0. The summed E-state index contributed by atoms with van der Waals surface area (Å²) >= 11 is 0. The molecule has 1 aromatic heterocycles. The zero-order valence-electron chi connectivity index (χ0n) is 16.2. The standard InChI is InChI=1S/C22H22N2O6/c25-21-13-24(30-22(26)27)11-10-19(21)15-6-8-17(9-7-15)28-14-18-12-20(23-29-18)16-4-2-1-3-5-16/h1-9,12,19,21,25H,10-11,13-14H2,(H,26,27). The van der Waals surface area contributed by atoms with E-state index in [9.17, 15) is 9.90 Å². The Kier molecular flexibility index (Phi) is 5.97. The lowest BCUT2D eigenvalue weighted by atomic mass is 9.88. The fourth-order valence-electron chi connectivity index (χ4n) is 3.58. The van der Waals surface area contributed by atoms with Gasteiger partial charge in [0.2, 0.25) is 0 Å². The van der Waals surface area contributed by atoms with E-state index in [0.29, 0.717) is 24.5 Å². The Morgan fingerprint density at radius 1 is 1.17 bits per heavy atom. The van der Waals surface area contributed by atoms with Crippen LogP contribution in [0.4, 0.5) is 4.79 Å². The zero-order chi connectivity index (χ0) is 20.9. The van der Waals surface area contributed by atoms with Crippen LogP contribution in [0, 0.1) is 0 Å². The van der Waals surface area contributed by atoms with Crippen LogP contribution in [0.3, 0.4) is 0 Å². The third kappa shape index (κ3) is 4.79. The SMILES string of the molecule is O=C(O)ON1CCC(c2ccc(OCc3cc(-c4ccccc4)no3)cc2)C(O)C1. The van der Waals surface area contributed by atoms with E-state index in [0.717, 1.165) is 16.8 Å². The summed E-state index contributed by atoms with van der Waals surface area (Å²) in [6, 6.07) is 19.1. The highest BCUT2D eigenvalue weighted by atomic mass is 16.8. The smallest absolute Gasteiger partial charge is 0.486 e. The summed E-state index contributed by atoms with van der Waals surface area (Å²) in [4.78, 5) is 15.3. The number of aliphatic hydroxyl groups is 1. The van der Waals surface area contributed by atoms with E-state index in [1.807, 2.05) is 60.7 Å². The average molecular weight is 410 g/mol. The van der Waals surface area contributed by atoms with Crippen molar-refractivity contribution in [1.82, 2.24) is 10.2 Å². The zero-order valence-corrected chi connectivity index (χ0v) is 16.2. The summed E-state index contributed by atoms with van der Waals surface area (Å²) in [5, 5.41) is 24.4. The number of hydrogen-bond acceptors (Lipinski definition) is 7. The molecule has 0 aliphatic carbocycles. The number of hydrogen-bond donors (Lipinski definition) is 2. The van der Waals surface area contributed by atoms with Crippen molar-refractivity contribution >= 4 is 6.16 Å². The van der Waals surface area contributed by atoms with E-state index in [-0.39, 0.29) is 19.1 Å². The summed E-state index contributed by atoms with van der Waals surface area (Å²) < 4.78 is 11.1. The van der Waals surface area contributed by atoms with E-state index in [1.54, 1.807) is 0 Å². The molecule has 1 saturated heterocycles. The van der Waals surface area contributed by atoms with Gasteiger partial charge in [-0.2, -0.15) is 0 Å². The van der Waals surface area contributed by atoms with Gasteiger partial charge in [-0.15, -0.1) is 5.06 Å². The van der Waals surface area contributed by atoms with Crippen LogP contribution in [0.25, 0.3) is 11.3 Å². The second-order valence-corrected chi connectivity index (χ2v) is 7.11. The molecule has 1 aliphatic rings. The molecule has 1 aliphatic heterocycles. The molecule has 8 heteroatoms. The number of ether oxygens (including phenoxy) is 1. The minimum absolute atomic E-state index is 0.0876. The van der Waals surface area contributed by atoms with E-state index in [1.165, 1.54) is 5.06 Å². The van der Waals surface area contributed by atoms with Crippen LogP contribution in [-0.4, -0.2) is 45.8 Å². The molecule has 2 atom stereocenters. The van der Waals surface area contributed by atoms with Crippen LogP contribution in [0.2, 0.25) is 0 Å². The third-order valence-electron chi connectivity index (χ3n) is 5.07. The van der Waals surface area contributed by atoms with Crippen LogP contribution in [0.1, 0.15) is 23.7 Å². The summed E-state index contributed by atoms with van der Waals surface area (Å²) in [5.41, 5.74) is 2.71. The van der Waals surface area contributed by atoms with Crippen molar-refractivity contribution in [2.45, 2.75) is 25.0 Å². The van der Waals surface area contributed by atoms with Crippen LogP contribution in [0.15, 0.2) is 65.2 Å². The van der Waals surface area contributed by atoms with Crippen molar-refractivity contribution in [3.8, 4) is 17.0 Å². The lowest BCUT2D eigenvalue weighted by Crippen LogP contribution is -2.43. The number of rotatable bonds is 6. The predicted molar refractivity (Wildman–Crippen MR) is 107 cm³/mol. The fourth-order valence-corrected chi connectivity index (χ4v) is 3.58. The molecule has 30 heavy (non-hydrogen) atoms. The van der Waals surface area contributed by atoms with Crippen molar-refractivity contribution in [1.29, 1.82) is 0 Å². The van der Waals surface area contributed by atoms with Gasteiger partial charge in [0.1, 0.15) is 18.1 Å². The highest BCUT2D eigenvalue weighted by Crippen LogP contribution is 2.30. The van der Waals surface area contributed by atoms with Gasteiger partial charge < -0.3 is 24.3 Å². The molecular weight excluding hydrogens is 388 g/mol. The second-order valence-electron chi connectivity index (χ2n) is 7.11. The van der Waals surface area contributed by atoms with Gasteiger partial charge in [0, 0.05) is 24.1 Å². The lowest BCUT2D eigenvalue weighted by molar-refractivity contribution is -0.154. The first kappa shape index (κ1) is 19.9.